The number of likely N-dealkylation sites (N-methyl/N-ethyl adjacent to an activating group) is 1. The first kappa shape index (κ1) is 13.4. The molecule has 1 aromatic rings. The van der Waals surface area contributed by atoms with Crippen molar-refractivity contribution in [2.75, 3.05) is 25.4 Å². The minimum Gasteiger partial charge on any atom is -0.329 e. The van der Waals surface area contributed by atoms with E-state index in [0.717, 1.165) is 19.6 Å². The summed E-state index contributed by atoms with van der Waals surface area (Å²) >= 11 is 5.54. The van der Waals surface area contributed by atoms with Gasteiger partial charge in [0.15, 0.2) is 0 Å². The maximum atomic E-state index is 5.71. The van der Waals surface area contributed by atoms with Gasteiger partial charge in [-0.3, -0.25) is 4.90 Å². The molecule has 1 aromatic carbocycles. The molecule has 2 N–H and O–H groups in total. The highest BCUT2D eigenvalue weighted by atomic mass is 79.9. The van der Waals surface area contributed by atoms with Crippen LogP contribution in [-0.4, -0.2) is 30.3 Å². The quantitative estimate of drug-likeness (QED) is 0.925. The first-order valence-electron chi connectivity index (χ1n) is 6.12. The molecule has 1 aliphatic rings. The normalized spacial score (nSPS) is 19.4. The molecule has 1 atom stereocenters. The SMILES string of the molecule is CCN(CCN)C1CCSc2ccc(Br)cc21. The molecule has 0 fully saturated rings. The second-order valence-electron chi connectivity index (χ2n) is 4.25. The molecule has 0 radical (unpaired) electrons. The molecule has 2 rings (SSSR count). The number of halogens is 1. The third-order valence-electron chi connectivity index (χ3n) is 3.24. The maximum Gasteiger partial charge on any atom is 0.0368 e. The molecule has 0 bridgehead atoms. The highest BCUT2D eigenvalue weighted by molar-refractivity contribution is 9.10. The van der Waals surface area contributed by atoms with Gasteiger partial charge in [0.1, 0.15) is 0 Å². The molecule has 1 heterocycles. The molecular formula is C13H19BrN2S. The van der Waals surface area contributed by atoms with E-state index in [9.17, 15) is 0 Å². The summed E-state index contributed by atoms with van der Waals surface area (Å²) < 4.78 is 1.17. The van der Waals surface area contributed by atoms with Crippen LogP contribution in [-0.2, 0) is 0 Å². The van der Waals surface area contributed by atoms with Crippen molar-refractivity contribution in [3.8, 4) is 0 Å². The molecule has 1 aliphatic heterocycles. The van der Waals surface area contributed by atoms with E-state index >= 15 is 0 Å². The van der Waals surface area contributed by atoms with Crippen molar-refractivity contribution in [1.29, 1.82) is 0 Å². The van der Waals surface area contributed by atoms with Gasteiger partial charge >= 0.3 is 0 Å². The maximum absolute atomic E-state index is 5.71. The number of nitrogens with two attached hydrogens (primary N) is 1. The van der Waals surface area contributed by atoms with Crippen LogP contribution in [0.25, 0.3) is 0 Å². The van der Waals surface area contributed by atoms with Gasteiger partial charge in [-0.25, -0.2) is 0 Å². The Morgan fingerprint density at radius 3 is 3.06 bits per heavy atom. The van der Waals surface area contributed by atoms with Gasteiger partial charge in [-0.05, 0) is 42.5 Å². The average Bonchev–Trinajstić information content (AvgIpc) is 2.35. The minimum absolute atomic E-state index is 0.539. The number of thioether (sulfide) groups is 1. The lowest BCUT2D eigenvalue weighted by Crippen LogP contribution is -2.34. The Morgan fingerprint density at radius 2 is 2.35 bits per heavy atom. The van der Waals surface area contributed by atoms with Crippen molar-refractivity contribution in [2.45, 2.75) is 24.3 Å². The summed E-state index contributed by atoms with van der Waals surface area (Å²) in [7, 11) is 0. The fraction of sp³-hybridized carbons (Fsp3) is 0.538. The molecular weight excluding hydrogens is 296 g/mol. The second-order valence-corrected chi connectivity index (χ2v) is 6.30. The summed E-state index contributed by atoms with van der Waals surface area (Å²) in [5.41, 5.74) is 7.17. The van der Waals surface area contributed by atoms with Gasteiger partial charge in [-0.1, -0.05) is 22.9 Å². The summed E-state index contributed by atoms with van der Waals surface area (Å²) in [4.78, 5) is 3.92. The smallest absolute Gasteiger partial charge is 0.0368 e. The monoisotopic (exact) mass is 314 g/mol. The van der Waals surface area contributed by atoms with Crippen LogP contribution in [0, 0.1) is 0 Å². The van der Waals surface area contributed by atoms with Gasteiger partial charge in [0.05, 0.1) is 0 Å². The Morgan fingerprint density at radius 1 is 1.53 bits per heavy atom. The Balaban J connectivity index is 2.29. The van der Waals surface area contributed by atoms with E-state index in [-0.39, 0.29) is 0 Å². The molecule has 0 saturated heterocycles. The summed E-state index contributed by atoms with van der Waals surface area (Å²) in [6, 6.07) is 7.17. The molecule has 94 valence electrons. The van der Waals surface area contributed by atoms with Crippen molar-refractivity contribution < 1.29 is 0 Å². The van der Waals surface area contributed by atoms with E-state index in [2.05, 4.69) is 46.0 Å². The molecule has 17 heavy (non-hydrogen) atoms. The van der Waals surface area contributed by atoms with Crippen LogP contribution in [0.2, 0.25) is 0 Å². The summed E-state index contributed by atoms with van der Waals surface area (Å²) in [5, 5.41) is 0. The first-order valence-corrected chi connectivity index (χ1v) is 7.90. The third kappa shape index (κ3) is 3.05. The summed E-state index contributed by atoms with van der Waals surface area (Å²) in [6.07, 6.45) is 1.22. The van der Waals surface area contributed by atoms with Crippen molar-refractivity contribution in [3.63, 3.8) is 0 Å². The average molecular weight is 315 g/mol. The van der Waals surface area contributed by atoms with Crippen LogP contribution in [0.3, 0.4) is 0 Å². The molecule has 2 nitrogen and oxygen atoms in total. The Kier molecular flexibility index (Phi) is 4.91. The zero-order valence-corrected chi connectivity index (χ0v) is 12.6. The molecule has 4 heteroatoms. The standard InChI is InChI=1S/C13H19BrN2S/c1-2-16(7-6-15)12-5-8-17-13-4-3-10(14)9-11(12)13/h3-4,9,12H,2,5-8,15H2,1H3. The highest BCUT2D eigenvalue weighted by Gasteiger charge is 2.25. The van der Waals surface area contributed by atoms with E-state index in [1.807, 2.05) is 11.8 Å². The lowest BCUT2D eigenvalue weighted by molar-refractivity contribution is 0.205. The predicted molar refractivity (Wildman–Crippen MR) is 78.5 cm³/mol. The van der Waals surface area contributed by atoms with Crippen LogP contribution in [0.15, 0.2) is 27.6 Å². The van der Waals surface area contributed by atoms with Crippen LogP contribution in [0.1, 0.15) is 24.9 Å². The Labute approximate surface area is 116 Å². The number of nitrogens with zero attached hydrogens (tertiary/aromatic N) is 1. The van der Waals surface area contributed by atoms with Gasteiger partial charge in [0.25, 0.3) is 0 Å². The lowest BCUT2D eigenvalue weighted by atomic mass is 10.0. The zero-order chi connectivity index (χ0) is 12.3. The largest absolute Gasteiger partial charge is 0.329 e. The van der Waals surface area contributed by atoms with Crippen LogP contribution in [0.5, 0.6) is 0 Å². The molecule has 0 saturated carbocycles. The molecule has 0 aromatic heterocycles. The van der Waals surface area contributed by atoms with Gasteiger partial charge in [-0.2, -0.15) is 0 Å². The highest BCUT2D eigenvalue weighted by Crippen LogP contribution is 2.40. The van der Waals surface area contributed by atoms with Crippen LogP contribution in [0.4, 0.5) is 0 Å². The second kappa shape index (κ2) is 6.23. The molecule has 0 aliphatic carbocycles. The van der Waals surface area contributed by atoms with Crippen molar-refractivity contribution >= 4 is 27.7 Å². The van der Waals surface area contributed by atoms with E-state index in [0.29, 0.717) is 6.04 Å². The third-order valence-corrected chi connectivity index (χ3v) is 4.86. The first-order chi connectivity index (χ1) is 8.26. The van der Waals surface area contributed by atoms with E-state index < -0.39 is 0 Å². The number of fused-ring (bicyclic) bond motifs is 1. The number of hydrogen-bond acceptors (Lipinski definition) is 3. The van der Waals surface area contributed by atoms with Crippen molar-refractivity contribution in [1.82, 2.24) is 4.90 Å². The number of hydrogen-bond donors (Lipinski definition) is 1. The van der Waals surface area contributed by atoms with Gasteiger partial charge in [0.2, 0.25) is 0 Å². The molecule has 0 spiro atoms. The fourth-order valence-corrected chi connectivity index (χ4v) is 3.89. The predicted octanol–water partition coefficient (Wildman–Crippen LogP) is 3.27. The number of rotatable bonds is 4. The minimum atomic E-state index is 0.539. The van der Waals surface area contributed by atoms with Gasteiger partial charge in [0, 0.05) is 28.5 Å². The van der Waals surface area contributed by atoms with Gasteiger partial charge < -0.3 is 5.73 Å². The zero-order valence-electron chi connectivity index (χ0n) is 10.2. The lowest BCUT2D eigenvalue weighted by Gasteiger charge is -2.34. The molecule has 1 unspecified atom stereocenters. The van der Waals surface area contributed by atoms with E-state index in [1.54, 1.807) is 0 Å². The summed E-state index contributed by atoms with van der Waals surface area (Å²) in [5.74, 6) is 1.21. The van der Waals surface area contributed by atoms with Crippen LogP contribution < -0.4 is 5.73 Å². The van der Waals surface area contributed by atoms with Crippen LogP contribution >= 0.6 is 27.7 Å². The molecule has 0 amide bonds. The van der Waals surface area contributed by atoms with Crippen molar-refractivity contribution in [2.24, 2.45) is 5.73 Å². The van der Waals surface area contributed by atoms with Crippen molar-refractivity contribution in [3.05, 3.63) is 28.2 Å². The van der Waals surface area contributed by atoms with E-state index in [4.69, 9.17) is 5.73 Å². The van der Waals surface area contributed by atoms with Gasteiger partial charge in [-0.15, -0.1) is 11.8 Å². The Bertz CT molecular complexity index is 384. The van der Waals surface area contributed by atoms with E-state index in [1.165, 1.54) is 27.1 Å². The number of benzene rings is 1. The topological polar surface area (TPSA) is 29.3 Å². The Hall–Kier alpha value is -0.0300. The summed E-state index contributed by atoms with van der Waals surface area (Å²) in [6.45, 7) is 5.01. The fourth-order valence-electron chi connectivity index (χ4n) is 2.43.